The number of aromatic amines is 1. The van der Waals surface area contributed by atoms with Crippen LogP contribution in [-0.2, 0) is 10.5 Å². The van der Waals surface area contributed by atoms with Gasteiger partial charge in [0.05, 0.1) is 16.8 Å². The Morgan fingerprint density at radius 1 is 1.47 bits per heavy atom. The quantitative estimate of drug-likeness (QED) is 0.875. The van der Waals surface area contributed by atoms with Gasteiger partial charge in [0.15, 0.2) is 0 Å². The van der Waals surface area contributed by atoms with E-state index in [0.717, 1.165) is 16.9 Å². The summed E-state index contributed by atoms with van der Waals surface area (Å²) in [6.07, 6.45) is 0. The number of aliphatic carboxylic acids is 1. The number of thioether (sulfide) groups is 1. The van der Waals surface area contributed by atoms with Crippen LogP contribution >= 0.6 is 11.8 Å². The summed E-state index contributed by atoms with van der Waals surface area (Å²) in [6, 6.07) is 7.76. The number of nitrogens with one attached hydrogen (secondary N) is 1. The number of imidazole rings is 1. The first-order valence-electron chi connectivity index (χ1n) is 5.30. The molecule has 0 aliphatic rings. The van der Waals surface area contributed by atoms with Gasteiger partial charge in [-0.05, 0) is 26.0 Å². The van der Waals surface area contributed by atoms with Gasteiger partial charge in [0, 0.05) is 0 Å². The van der Waals surface area contributed by atoms with Crippen LogP contribution in [0.25, 0.3) is 11.0 Å². The molecule has 0 saturated carbocycles. The van der Waals surface area contributed by atoms with Crippen LogP contribution in [0.2, 0.25) is 0 Å². The molecule has 0 bridgehead atoms. The van der Waals surface area contributed by atoms with Crippen LogP contribution in [0.3, 0.4) is 0 Å². The fourth-order valence-corrected chi connectivity index (χ4v) is 2.14. The van der Waals surface area contributed by atoms with Crippen molar-refractivity contribution >= 4 is 28.8 Å². The molecule has 0 amide bonds. The van der Waals surface area contributed by atoms with Crippen LogP contribution in [-0.4, -0.2) is 25.8 Å². The first-order valence-corrected chi connectivity index (χ1v) is 6.28. The highest BCUT2D eigenvalue weighted by molar-refractivity contribution is 8.00. The molecular formula is C12H14N2O2S. The maximum Gasteiger partial charge on any atom is 0.319 e. The molecule has 0 fully saturated rings. The Bertz CT molecular complexity index is 515. The summed E-state index contributed by atoms with van der Waals surface area (Å²) in [6.45, 7) is 3.39. The summed E-state index contributed by atoms with van der Waals surface area (Å²) in [5.41, 5.74) is 1.90. The van der Waals surface area contributed by atoms with Crippen LogP contribution in [0.1, 0.15) is 19.7 Å². The number of benzene rings is 1. The number of H-pyrrole nitrogens is 1. The van der Waals surface area contributed by atoms with Gasteiger partial charge in [0.2, 0.25) is 0 Å². The molecule has 0 aliphatic heterocycles. The molecule has 0 saturated heterocycles. The lowest BCUT2D eigenvalue weighted by Crippen LogP contribution is -2.27. The van der Waals surface area contributed by atoms with Crippen LogP contribution < -0.4 is 0 Å². The van der Waals surface area contributed by atoms with Crippen LogP contribution in [0.5, 0.6) is 0 Å². The number of carboxylic acids is 1. The molecule has 0 spiro atoms. The number of carbonyl (C=O) groups is 1. The van der Waals surface area contributed by atoms with Gasteiger partial charge in [0.25, 0.3) is 0 Å². The summed E-state index contributed by atoms with van der Waals surface area (Å²) in [5.74, 6) is 0.567. The minimum atomic E-state index is -0.807. The molecule has 2 rings (SSSR count). The van der Waals surface area contributed by atoms with E-state index in [0.29, 0.717) is 5.75 Å². The minimum Gasteiger partial charge on any atom is -0.480 e. The zero-order chi connectivity index (χ0) is 12.5. The van der Waals surface area contributed by atoms with Crippen molar-refractivity contribution in [3.05, 3.63) is 30.1 Å². The fourth-order valence-electron chi connectivity index (χ4n) is 1.38. The molecule has 17 heavy (non-hydrogen) atoms. The summed E-state index contributed by atoms with van der Waals surface area (Å²) in [4.78, 5) is 18.6. The molecule has 1 aromatic heterocycles. The highest BCUT2D eigenvalue weighted by Crippen LogP contribution is 2.28. The second kappa shape index (κ2) is 4.41. The number of para-hydroxylation sites is 2. The largest absolute Gasteiger partial charge is 0.480 e. The lowest BCUT2D eigenvalue weighted by molar-refractivity contribution is -0.138. The van der Waals surface area contributed by atoms with Crippen LogP contribution in [0.15, 0.2) is 24.3 Å². The second-order valence-electron chi connectivity index (χ2n) is 4.30. The molecule has 1 aromatic carbocycles. The van der Waals surface area contributed by atoms with Gasteiger partial charge in [0.1, 0.15) is 10.6 Å². The molecule has 0 radical (unpaired) electrons. The van der Waals surface area contributed by atoms with Gasteiger partial charge in [-0.1, -0.05) is 12.1 Å². The first kappa shape index (κ1) is 12.0. The summed E-state index contributed by atoms with van der Waals surface area (Å²) < 4.78 is -0.793. The third-order valence-corrected chi connectivity index (χ3v) is 3.84. The van der Waals surface area contributed by atoms with Crippen molar-refractivity contribution in [2.24, 2.45) is 0 Å². The van der Waals surface area contributed by atoms with Gasteiger partial charge in [-0.2, -0.15) is 0 Å². The number of fused-ring (bicyclic) bond motifs is 1. The highest BCUT2D eigenvalue weighted by Gasteiger charge is 2.27. The Kier molecular flexibility index (Phi) is 3.11. The van der Waals surface area contributed by atoms with Crippen LogP contribution in [0, 0.1) is 0 Å². The Morgan fingerprint density at radius 2 is 2.18 bits per heavy atom. The third kappa shape index (κ3) is 2.61. The lowest BCUT2D eigenvalue weighted by atomic mass is 10.2. The third-order valence-electron chi connectivity index (χ3n) is 2.52. The van der Waals surface area contributed by atoms with Crippen molar-refractivity contribution in [3.63, 3.8) is 0 Å². The number of carboxylic acid groups (broad SMARTS) is 1. The Labute approximate surface area is 103 Å². The molecule has 90 valence electrons. The molecular weight excluding hydrogens is 236 g/mol. The monoisotopic (exact) mass is 250 g/mol. The van der Waals surface area contributed by atoms with Crippen molar-refractivity contribution in [3.8, 4) is 0 Å². The Morgan fingerprint density at radius 3 is 2.82 bits per heavy atom. The first-order chi connectivity index (χ1) is 7.99. The lowest BCUT2D eigenvalue weighted by Gasteiger charge is -2.17. The van der Waals surface area contributed by atoms with Crippen molar-refractivity contribution in [1.29, 1.82) is 0 Å². The fraction of sp³-hybridized carbons (Fsp3) is 0.333. The zero-order valence-corrected chi connectivity index (χ0v) is 10.5. The standard InChI is InChI=1S/C12H14N2O2S/c1-12(2,11(15)16)17-7-10-13-8-5-3-4-6-9(8)14-10/h3-6H,7H2,1-2H3,(H,13,14)(H,15,16). The van der Waals surface area contributed by atoms with E-state index in [1.165, 1.54) is 11.8 Å². The van der Waals surface area contributed by atoms with E-state index >= 15 is 0 Å². The molecule has 4 nitrogen and oxygen atoms in total. The van der Waals surface area contributed by atoms with Crippen molar-refractivity contribution in [2.45, 2.75) is 24.3 Å². The van der Waals surface area contributed by atoms with E-state index in [9.17, 15) is 4.79 Å². The zero-order valence-electron chi connectivity index (χ0n) is 9.73. The van der Waals surface area contributed by atoms with Gasteiger partial charge < -0.3 is 10.1 Å². The number of hydrogen-bond acceptors (Lipinski definition) is 3. The summed E-state index contributed by atoms with van der Waals surface area (Å²) >= 11 is 1.36. The predicted molar refractivity (Wildman–Crippen MR) is 69.1 cm³/mol. The van der Waals surface area contributed by atoms with Crippen molar-refractivity contribution in [1.82, 2.24) is 9.97 Å². The van der Waals surface area contributed by atoms with Crippen LogP contribution in [0.4, 0.5) is 0 Å². The van der Waals surface area contributed by atoms with E-state index in [4.69, 9.17) is 5.11 Å². The number of aromatic nitrogens is 2. The molecule has 0 unspecified atom stereocenters. The second-order valence-corrected chi connectivity index (χ2v) is 5.90. The molecule has 0 atom stereocenters. The highest BCUT2D eigenvalue weighted by atomic mass is 32.2. The maximum absolute atomic E-state index is 11.0. The Hall–Kier alpha value is -1.49. The van der Waals surface area contributed by atoms with Gasteiger partial charge in [-0.3, -0.25) is 4.79 Å². The number of hydrogen-bond donors (Lipinski definition) is 2. The van der Waals surface area contributed by atoms with E-state index in [1.54, 1.807) is 13.8 Å². The Balaban J connectivity index is 2.12. The predicted octanol–water partition coefficient (Wildman–Crippen LogP) is 2.66. The van der Waals surface area contributed by atoms with Crippen molar-refractivity contribution < 1.29 is 9.90 Å². The SMILES string of the molecule is CC(C)(SCc1nc2ccccc2[nH]1)C(=O)O. The minimum absolute atomic E-state index is 0.563. The molecule has 5 heteroatoms. The molecule has 2 N–H and O–H groups in total. The van der Waals surface area contributed by atoms with Gasteiger partial charge in [-0.25, -0.2) is 4.98 Å². The van der Waals surface area contributed by atoms with E-state index in [-0.39, 0.29) is 0 Å². The smallest absolute Gasteiger partial charge is 0.319 e. The molecule has 1 heterocycles. The topological polar surface area (TPSA) is 66.0 Å². The average molecular weight is 250 g/mol. The van der Waals surface area contributed by atoms with Gasteiger partial charge in [-0.15, -0.1) is 11.8 Å². The van der Waals surface area contributed by atoms with E-state index in [2.05, 4.69) is 9.97 Å². The summed E-state index contributed by atoms with van der Waals surface area (Å²) in [5, 5.41) is 9.01. The van der Waals surface area contributed by atoms with Gasteiger partial charge >= 0.3 is 5.97 Å². The van der Waals surface area contributed by atoms with E-state index in [1.807, 2.05) is 24.3 Å². The van der Waals surface area contributed by atoms with Crippen molar-refractivity contribution in [2.75, 3.05) is 0 Å². The number of nitrogens with zero attached hydrogens (tertiary/aromatic N) is 1. The average Bonchev–Trinajstić information content (AvgIpc) is 2.69. The normalized spacial score (nSPS) is 11.9. The molecule has 2 aromatic rings. The number of rotatable bonds is 4. The maximum atomic E-state index is 11.0. The van der Waals surface area contributed by atoms with E-state index < -0.39 is 10.7 Å². The molecule has 0 aliphatic carbocycles. The summed E-state index contributed by atoms with van der Waals surface area (Å²) in [7, 11) is 0.